The summed E-state index contributed by atoms with van der Waals surface area (Å²) in [6.45, 7) is 1.57. The molecule has 4 rings (SSSR count). The molecule has 0 bridgehead atoms. The minimum absolute atomic E-state index is 0.0478. The first-order valence-corrected chi connectivity index (χ1v) is 12.3. The van der Waals surface area contributed by atoms with Crippen LogP contribution in [0.4, 0.5) is 0 Å². The van der Waals surface area contributed by atoms with Gasteiger partial charge in [0.05, 0.1) is 17.2 Å². The number of carboxylic acids is 1. The zero-order valence-electron chi connectivity index (χ0n) is 19.7. The van der Waals surface area contributed by atoms with E-state index < -0.39 is 24.0 Å². The number of nitrogens with zero attached hydrogens (tertiary/aromatic N) is 1. The molecule has 1 N–H and O–H groups in total. The molecule has 1 atom stereocenters. The molecule has 1 aliphatic rings. The summed E-state index contributed by atoms with van der Waals surface area (Å²) in [5.74, 6) is -0.577. The van der Waals surface area contributed by atoms with E-state index in [1.165, 1.54) is 12.0 Å². The lowest BCUT2D eigenvalue weighted by Gasteiger charge is -2.24. The molecule has 9 heteroatoms. The van der Waals surface area contributed by atoms with Crippen LogP contribution < -0.4 is 9.47 Å². The van der Waals surface area contributed by atoms with Gasteiger partial charge in [-0.3, -0.25) is 9.59 Å². The molecule has 0 saturated heterocycles. The fourth-order valence-corrected chi connectivity index (χ4v) is 4.85. The summed E-state index contributed by atoms with van der Waals surface area (Å²) in [6.07, 6.45) is 1.18. The summed E-state index contributed by atoms with van der Waals surface area (Å²) < 4.78 is 11.9. The molecule has 3 aromatic rings. The average molecular weight is 549 g/mol. The maximum Gasteiger partial charge on any atom is 0.323 e. The van der Waals surface area contributed by atoms with E-state index in [1.54, 1.807) is 30.3 Å². The number of carbonyl (C=O) groups is 2. The monoisotopic (exact) mass is 547 g/mol. The largest absolute Gasteiger partial charge is 0.493 e. The van der Waals surface area contributed by atoms with Crippen LogP contribution in [-0.4, -0.2) is 41.1 Å². The lowest BCUT2D eigenvalue weighted by Crippen LogP contribution is -2.35. The van der Waals surface area contributed by atoms with Gasteiger partial charge in [0.15, 0.2) is 11.5 Å². The molecule has 3 aromatic carbocycles. The number of carboxylic acid groups (broad SMARTS) is 1. The predicted octanol–water partition coefficient (Wildman–Crippen LogP) is 6.32. The molecule has 6 nitrogen and oxygen atoms in total. The predicted molar refractivity (Wildman–Crippen MR) is 140 cm³/mol. The zero-order valence-corrected chi connectivity index (χ0v) is 22.0. The number of aliphatic carboxylic acids is 1. The van der Waals surface area contributed by atoms with Crippen molar-refractivity contribution < 1.29 is 24.2 Å². The van der Waals surface area contributed by atoms with Crippen molar-refractivity contribution >= 4 is 46.7 Å². The molecule has 0 aliphatic carbocycles. The van der Waals surface area contributed by atoms with E-state index in [0.717, 1.165) is 11.1 Å². The number of methoxy groups -OCH3 is 1. The van der Waals surface area contributed by atoms with Crippen LogP contribution in [0.25, 0.3) is 0 Å². The second kappa shape index (κ2) is 10.6. The first-order valence-electron chi connectivity index (χ1n) is 11.2. The van der Waals surface area contributed by atoms with Gasteiger partial charge < -0.3 is 19.5 Å². The van der Waals surface area contributed by atoms with Crippen molar-refractivity contribution in [3.05, 3.63) is 91.9 Å². The Balaban J connectivity index is 1.61. The van der Waals surface area contributed by atoms with Gasteiger partial charge in [-0.25, -0.2) is 0 Å². The van der Waals surface area contributed by atoms with Crippen molar-refractivity contribution in [3.63, 3.8) is 0 Å². The Bertz CT molecular complexity index is 1310. The van der Waals surface area contributed by atoms with Crippen molar-refractivity contribution in [2.75, 3.05) is 13.7 Å². The third kappa shape index (κ3) is 5.89. The van der Waals surface area contributed by atoms with Gasteiger partial charge >= 0.3 is 5.97 Å². The van der Waals surface area contributed by atoms with Gasteiger partial charge in [0.2, 0.25) is 0 Å². The summed E-state index contributed by atoms with van der Waals surface area (Å²) in [5.41, 5.74) is 2.31. The number of rotatable bonds is 8. The fraction of sp³-hybridized carbons (Fsp3) is 0.259. The Morgan fingerprint density at radius 3 is 2.36 bits per heavy atom. The summed E-state index contributed by atoms with van der Waals surface area (Å²) in [6, 6.07) is 15.9. The third-order valence-electron chi connectivity index (χ3n) is 5.97. The first kappa shape index (κ1) is 26.1. The molecular formula is C27H24Cl3NO5. The molecule has 36 heavy (non-hydrogen) atoms. The van der Waals surface area contributed by atoms with Crippen LogP contribution in [0.15, 0.2) is 54.6 Å². The van der Waals surface area contributed by atoms with Crippen LogP contribution >= 0.6 is 34.8 Å². The Morgan fingerprint density at radius 1 is 1.03 bits per heavy atom. The van der Waals surface area contributed by atoms with Crippen molar-refractivity contribution in [3.8, 4) is 11.5 Å². The third-order valence-corrected chi connectivity index (χ3v) is 6.96. The number of halogens is 3. The first-order chi connectivity index (χ1) is 17.1. The second-order valence-corrected chi connectivity index (χ2v) is 10.3. The summed E-state index contributed by atoms with van der Waals surface area (Å²) in [4.78, 5) is 26.3. The number of ether oxygens (including phenoxy) is 2. The molecule has 188 valence electrons. The summed E-state index contributed by atoms with van der Waals surface area (Å²) in [5, 5.41) is 10.8. The minimum atomic E-state index is -1.13. The Labute approximate surface area is 224 Å². The Kier molecular flexibility index (Phi) is 7.69. The van der Waals surface area contributed by atoms with E-state index in [1.807, 2.05) is 31.2 Å². The molecular weight excluding hydrogens is 525 g/mol. The molecule has 0 fully saturated rings. The number of fused-ring (bicyclic) bond motifs is 1. The average Bonchev–Trinajstić information content (AvgIpc) is 3.16. The maximum absolute atomic E-state index is 13.5. The zero-order chi connectivity index (χ0) is 26.0. The van der Waals surface area contributed by atoms with Gasteiger partial charge in [-0.1, -0.05) is 53.0 Å². The van der Waals surface area contributed by atoms with Gasteiger partial charge in [-0.05, 0) is 54.4 Å². The second-order valence-electron chi connectivity index (χ2n) is 9.00. The van der Waals surface area contributed by atoms with Crippen molar-refractivity contribution in [1.29, 1.82) is 0 Å². The van der Waals surface area contributed by atoms with E-state index in [2.05, 4.69) is 0 Å². The summed E-state index contributed by atoms with van der Waals surface area (Å²) in [7, 11) is 1.51. The lowest BCUT2D eigenvalue weighted by atomic mass is 9.91. The molecule has 0 spiro atoms. The molecule has 0 radical (unpaired) electrons. The molecule has 1 heterocycles. The topological polar surface area (TPSA) is 76.1 Å². The van der Waals surface area contributed by atoms with E-state index in [9.17, 15) is 14.7 Å². The van der Waals surface area contributed by atoms with Gasteiger partial charge in [0.1, 0.15) is 12.1 Å². The molecule has 0 saturated carbocycles. The van der Waals surface area contributed by atoms with E-state index in [4.69, 9.17) is 44.3 Å². The molecule has 1 amide bonds. The quantitative estimate of drug-likeness (QED) is 0.357. The molecule has 0 aromatic heterocycles. The van der Waals surface area contributed by atoms with Crippen LogP contribution in [0.3, 0.4) is 0 Å². The Hall–Kier alpha value is -2.93. The number of carbonyl (C=O) groups excluding carboxylic acids is 1. The number of benzene rings is 3. The van der Waals surface area contributed by atoms with Gasteiger partial charge in [-0.2, -0.15) is 0 Å². The summed E-state index contributed by atoms with van der Waals surface area (Å²) >= 11 is 18.1. The van der Waals surface area contributed by atoms with E-state index in [0.29, 0.717) is 50.5 Å². The lowest BCUT2D eigenvalue weighted by molar-refractivity contribution is -0.137. The highest BCUT2D eigenvalue weighted by Gasteiger charge is 2.38. The standard InChI is InChI=1S/C27H24Cl3NO5/c1-27(12-16-3-6-20(28)7-4-16)13-19-10-18(11-23(35-2)25(19)36-27)26(34)31(15-24(32)33)14-17-5-8-21(29)22(30)9-17/h3-11H,12-15H2,1-2H3,(H,32,33). The van der Waals surface area contributed by atoms with Crippen LogP contribution in [0.1, 0.15) is 34.0 Å². The van der Waals surface area contributed by atoms with Gasteiger partial charge in [-0.15, -0.1) is 0 Å². The van der Waals surface area contributed by atoms with E-state index in [-0.39, 0.29) is 6.54 Å². The highest BCUT2D eigenvalue weighted by Crippen LogP contribution is 2.44. The number of hydrogen-bond acceptors (Lipinski definition) is 4. The highest BCUT2D eigenvalue weighted by atomic mass is 35.5. The van der Waals surface area contributed by atoms with Crippen molar-refractivity contribution in [2.45, 2.75) is 31.9 Å². The smallest absolute Gasteiger partial charge is 0.323 e. The molecule has 1 aliphatic heterocycles. The molecule has 1 unspecified atom stereocenters. The van der Waals surface area contributed by atoms with Crippen LogP contribution in [-0.2, 0) is 24.2 Å². The maximum atomic E-state index is 13.5. The fourth-order valence-electron chi connectivity index (χ4n) is 4.40. The number of amides is 1. The normalized spacial score (nSPS) is 16.2. The van der Waals surface area contributed by atoms with Crippen LogP contribution in [0.2, 0.25) is 15.1 Å². The van der Waals surface area contributed by atoms with E-state index >= 15 is 0 Å². The van der Waals surface area contributed by atoms with Gasteiger partial charge in [0, 0.05) is 35.5 Å². The number of hydrogen-bond donors (Lipinski definition) is 1. The van der Waals surface area contributed by atoms with Gasteiger partial charge in [0.25, 0.3) is 5.91 Å². The van der Waals surface area contributed by atoms with Crippen LogP contribution in [0, 0.1) is 0 Å². The van der Waals surface area contributed by atoms with Crippen molar-refractivity contribution in [2.24, 2.45) is 0 Å². The minimum Gasteiger partial charge on any atom is -0.493 e. The van der Waals surface area contributed by atoms with Crippen molar-refractivity contribution in [1.82, 2.24) is 4.90 Å². The Morgan fingerprint density at radius 2 is 1.72 bits per heavy atom. The highest BCUT2D eigenvalue weighted by molar-refractivity contribution is 6.42. The van der Waals surface area contributed by atoms with Crippen LogP contribution in [0.5, 0.6) is 11.5 Å². The SMILES string of the molecule is COc1cc(C(=O)N(CC(=O)O)Cc2ccc(Cl)c(Cl)c2)cc2c1OC(C)(Cc1ccc(Cl)cc1)C2.